The van der Waals surface area contributed by atoms with Crippen molar-refractivity contribution in [2.45, 2.75) is 18.9 Å². The Labute approximate surface area is 151 Å². The monoisotopic (exact) mass is 350 g/mol. The predicted molar refractivity (Wildman–Crippen MR) is 95.7 cm³/mol. The molecule has 0 radical (unpaired) electrons. The van der Waals surface area contributed by atoms with Gasteiger partial charge in [-0.2, -0.15) is 5.26 Å². The van der Waals surface area contributed by atoms with Gasteiger partial charge in [-0.3, -0.25) is 14.6 Å². The maximum Gasteiger partial charge on any atom is 0.330 e. The fraction of sp³-hybridized carbons (Fsp3) is 0.263. The van der Waals surface area contributed by atoms with Gasteiger partial charge < -0.3 is 4.74 Å². The topological polar surface area (TPSA) is 86.5 Å². The van der Waals surface area contributed by atoms with E-state index in [1.165, 1.54) is 7.11 Å². The number of amides is 2. The summed E-state index contributed by atoms with van der Waals surface area (Å²) < 4.78 is 4.72. The molecule has 2 aromatic rings. The van der Waals surface area contributed by atoms with Gasteiger partial charge in [-0.25, -0.2) is 9.78 Å². The molecule has 1 unspecified atom stereocenters. The summed E-state index contributed by atoms with van der Waals surface area (Å²) in [7, 11) is 1.35. The zero-order valence-electron chi connectivity index (χ0n) is 14.3. The molecule has 0 bridgehead atoms. The van der Waals surface area contributed by atoms with Crippen molar-refractivity contribution in [3.8, 4) is 6.07 Å². The molecule has 0 aliphatic carbocycles. The van der Waals surface area contributed by atoms with Crippen LogP contribution in [0.15, 0.2) is 48.7 Å². The van der Waals surface area contributed by atoms with Crippen LogP contribution in [0.25, 0.3) is 0 Å². The molecule has 132 valence electrons. The van der Waals surface area contributed by atoms with Crippen LogP contribution in [0.2, 0.25) is 0 Å². The van der Waals surface area contributed by atoms with Crippen molar-refractivity contribution in [2.75, 3.05) is 23.5 Å². The molecule has 1 saturated heterocycles. The number of carbonyl (C=O) groups excluding carboxylic acids is 2. The molecule has 0 saturated carbocycles. The highest BCUT2D eigenvalue weighted by molar-refractivity contribution is 6.06. The van der Waals surface area contributed by atoms with Crippen LogP contribution in [0.5, 0.6) is 0 Å². The Morgan fingerprint density at radius 2 is 2.08 bits per heavy atom. The molecule has 1 aliphatic rings. The maximum absolute atomic E-state index is 13.0. The first-order valence-corrected chi connectivity index (χ1v) is 8.22. The Morgan fingerprint density at radius 1 is 1.31 bits per heavy atom. The molecule has 26 heavy (non-hydrogen) atoms. The molecule has 2 heterocycles. The van der Waals surface area contributed by atoms with Crippen LogP contribution < -0.4 is 9.80 Å². The van der Waals surface area contributed by atoms with Gasteiger partial charge in [0.1, 0.15) is 5.82 Å². The molecule has 1 atom stereocenters. The van der Waals surface area contributed by atoms with Gasteiger partial charge in [0.15, 0.2) is 0 Å². The minimum atomic E-state index is -0.312. The quantitative estimate of drug-likeness (QED) is 0.774. The standard InChI is InChI=1S/C19H18N4O3/c1-26-18(24)10-9-16-13-22(17-4-2-3-11-21-17)19(25)23(16)15-7-5-14(12-20)6-8-15/h2-8,11,16H,9-10,13H2,1H3. The van der Waals surface area contributed by atoms with Crippen LogP contribution in [0, 0.1) is 11.3 Å². The smallest absolute Gasteiger partial charge is 0.330 e. The van der Waals surface area contributed by atoms with Gasteiger partial charge in [0.2, 0.25) is 0 Å². The van der Waals surface area contributed by atoms with E-state index in [9.17, 15) is 9.59 Å². The summed E-state index contributed by atoms with van der Waals surface area (Å²) >= 11 is 0. The van der Waals surface area contributed by atoms with Crippen LogP contribution >= 0.6 is 0 Å². The molecule has 7 nitrogen and oxygen atoms in total. The number of ether oxygens (including phenoxy) is 1. The van der Waals surface area contributed by atoms with Gasteiger partial charge in [0.05, 0.1) is 31.3 Å². The van der Waals surface area contributed by atoms with Crippen LogP contribution in [0.3, 0.4) is 0 Å². The maximum atomic E-state index is 13.0. The van der Waals surface area contributed by atoms with Crippen LogP contribution in [-0.4, -0.2) is 36.7 Å². The molecule has 3 rings (SSSR count). The molecular formula is C19H18N4O3. The van der Waals surface area contributed by atoms with E-state index in [0.717, 1.165) is 0 Å². The number of anilines is 2. The molecular weight excluding hydrogens is 332 g/mol. The number of esters is 1. The van der Waals surface area contributed by atoms with E-state index in [4.69, 9.17) is 10.00 Å². The number of urea groups is 1. The fourth-order valence-electron chi connectivity index (χ4n) is 2.99. The van der Waals surface area contributed by atoms with Crippen molar-refractivity contribution in [3.05, 3.63) is 54.2 Å². The van der Waals surface area contributed by atoms with E-state index >= 15 is 0 Å². The Kier molecular flexibility index (Phi) is 5.13. The Bertz CT molecular complexity index is 830. The van der Waals surface area contributed by atoms with Gasteiger partial charge in [-0.15, -0.1) is 0 Å². The molecule has 1 aromatic carbocycles. The van der Waals surface area contributed by atoms with Gasteiger partial charge >= 0.3 is 12.0 Å². The first kappa shape index (κ1) is 17.4. The highest BCUT2D eigenvalue weighted by atomic mass is 16.5. The largest absolute Gasteiger partial charge is 0.469 e. The van der Waals surface area contributed by atoms with Crippen LogP contribution in [0.4, 0.5) is 16.3 Å². The minimum absolute atomic E-state index is 0.198. The third kappa shape index (κ3) is 3.49. The van der Waals surface area contributed by atoms with Gasteiger partial charge in [0, 0.05) is 18.3 Å². The summed E-state index contributed by atoms with van der Waals surface area (Å²) in [4.78, 5) is 32.1. The fourth-order valence-corrected chi connectivity index (χ4v) is 2.99. The molecule has 0 N–H and O–H groups in total. The van der Waals surface area contributed by atoms with Crippen molar-refractivity contribution >= 4 is 23.5 Å². The van der Waals surface area contributed by atoms with Crippen LogP contribution in [-0.2, 0) is 9.53 Å². The lowest BCUT2D eigenvalue weighted by Gasteiger charge is -2.23. The number of rotatable bonds is 5. The third-order valence-electron chi connectivity index (χ3n) is 4.31. The second-order valence-corrected chi connectivity index (χ2v) is 5.88. The molecule has 0 spiro atoms. The zero-order valence-corrected chi connectivity index (χ0v) is 14.3. The molecule has 7 heteroatoms. The van der Waals surface area contributed by atoms with Gasteiger partial charge in [-0.1, -0.05) is 6.07 Å². The second kappa shape index (κ2) is 7.66. The van der Waals surface area contributed by atoms with Crippen molar-refractivity contribution < 1.29 is 14.3 Å². The van der Waals surface area contributed by atoms with Crippen molar-refractivity contribution in [2.24, 2.45) is 0 Å². The highest BCUT2D eigenvalue weighted by Gasteiger charge is 2.39. The summed E-state index contributed by atoms with van der Waals surface area (Å²) in [5.41, 5.74) is 1.20. The number of nitrogens with zero attached hydrogens (tertiary/aromatic N) is 4. The van der Waals surface area contributed by atoms with Crippen molar-refractivity contribution in [1.82, 2.24) is 4.98 Å². The number of hydrogen-bond donors (Lipinski definition) is 0. The normalized spacial score (nSPS) is 16.5. The molecule has 1 aromatic heterocycles. The lowest BCUT2D eigenvalue weighted by Crippen LogP contribution is -2.35. The van der Waals surface area contributed by atoms with E-state index in [0.29, 0.717) is 30.0 Å². The summed E-state index contributed by atoms with van der Waals surface area (Å²) in [6.07, 6.45) is 2.33. The predicted octanol–water partition coefficient (Wildman–Crippen LogP) is 2.72. The zero-order chi connectivity index (χ0) is 18.5. The highest BCUT2D eigenvalue weighted by Crippen LogP contribution is 2.30. The third-order valence-corrected chi connectivity index (χ3v) is 4.31. The van der Waals surface area contributed by atoms with Crippen LogP contribution in [0.1, 0.15) is 18.4 Å². The summed E-state index contributed by atoms with van der Waals surface area (Å²) in [5, 5.41) is 8.96. The number of nitriles is 1. The molecule has 1 fully saturated rings. The average molecular weight is 350 g/mol. The van der Waals surface area contributed by atoms with E-state index in [1.807, 2.05) is 6.07 Å². The van der Waals surface area contributed by atoms with E-state index in [-0.39, 0.29) is 24.5 Å². The van der Waals surface area contributed by atoms with E-state index < -0.39 is 0 Å². The second-order valence-electron chi connectivity index (χ2n) is 5.88. The van der Waals surface area contributed by atoms with Crippen molar-refractivity contribution in [1.29, 1.82) is 5.26 Å². The average Bonchev–Trinajstić information content (AvgIpc) is 3.03. The number of aromatic nitrogens is 1. The number of hydrogen-bond acceptors (Lipinski definition) is 5. The summed E-state index contributed by atoms with van der Waals surface area (Å²) in [5.74, 6) is 0.255. The minimum Gasteiger partial charge on any atom is -0.469 e. The number of carbonyl (C=O) groups is 2. The van der Waals surface area contributed by atoms with Crippen molar-refractivity contribution in [3.63, 3.8) is 0 Å². The Hall–Kier alpha value is -3.40. The van der Waals surface area contributed by atoms with E-state index in [1.54, 1.807) is 52.4 Å². The molecule has 2 amide bonds. The Balaban J connectivity index is 1.89. The van der Waals surface area contributed by atoms with Gasteiger partial charge in [-0.05, 0) is 42.8 Å². The molecule has 1 aliphatic heterocycles. The lowest BCUT2D eigenvalue weighted by atomic mass is 10.1. The number of methoxy groups -OCH3 is 1. The SMILES string of the molecule is COC(=O)CCC1CN(c2ccccn2)C(=O)N1c1ccc(C#N)cc1. The first-order chi connectivity index (χ1) is 12.6. The summed E-state index contributed by atoms with van der Waals surface area (Å²) in [6, 6.07) is 13.9. The number of benzene rings is 1. The number of pyridine rings is 1. The Morgan fingerprint density at radius 3 is 2.69 bits per heavy atom. The lowest BCUT2D eigenvalue weighted by molar-refractivity contribution is -0.140. The summed E-state index contributed by atoms with van der Waals surface area (Å²) in [6.45, 7) is 0.423. The van der Waals surface area contributed by atoms with Gasteiger partial charge in [0.25, 0.3) is 0 Å². The van der Waals surface area contributed by atoms with E-state index in [2.05, 4.69) is 11.1 Å². The first-order valence-electron chi connectivity index (χ1n) is 8.22.